The molecule has 106 valence electrons. The van der Waals surface area contributed by atoms with Crippen LogP contribution in [-0.2, 0) is 13.0 Å². The van der Waals surface area contributed by atoms with E-state index >= 15 is 0 Å². The van der Waals surface area contributed by atoms with Crippen molar-refractivity contribution in [3.8, 4) is 0 Å². The van der Waals surface area contributed by atoms with Crippen molar-refractivity contribution in [3.63, 3.8) is 0 Å². The highest BCUT2D eigenvalue weighted by Crippen LogP contribution is 2.22. The van der Waals surface area contributed by atoms with E-state index in [9.17, 15) is 0 Å². The van der Waals surface area contributed by atoms with Crippen LogP contribution < -0.4 is 5.32 Å². The maximum Gasteiger partial charge on any atom is 0.0465 e. The molecule has 0 radical (unpaired) electrons. The van der Waals surface area contributed by atoms with Crippen LogP contribution in [0.4, 0.5) is 0 Å². The van der Waals surface area contributed by atoms with Gasteiger partial charge in [0.15, 0.2) is 0 Å². The van der Waals surface area contributed by atoms with E-state index < -0.39 is 0 Å². The van der Waals surface area contributed by atoms with E-state index in [1.807, 2.05) is 12.1 Å². The molecule has 3 heteroatoms. The Morgan fingerprint density at radius 2 is 1.75 bits per heavy atom. The largest absolute Gasteiger partial charge is 0.306 e. The summed E-state index contributed by atoms with van der Waals surface area (Å²) in [6.07, 6.45) is 1.07. The quantitative estimate of drug-likeness (QED) is 0.779. The lowest BCUT2D eigenvalue weighted by atomic mass is 10.0. The summed E-state index contributed by atoms with van der Waals surface area (Å²) in [5, 5.41) is 4.86. The Labute approximate surface area is 130 Å². The first-order valence-electron chi connectivity index (χ1n) is 6.86. The van der Waals surface area contributed by atoms with Crippen molar-refractivity contribution in [1.82, 2.24) is 5.32 Å². The molecule has 1 N–H and O–H groups in total. The van der Waals surface area contributed by atoms with Gasteiger partial charge in [0.1, 0.15) is 0 Å². The minimum Gasteiger partial charge on any atom is -0.306 e. The van der Waals surface area contributed by atoms with Crippen molar-refractivity contribution in [3.05, 3.63) is 69.2 Å². The molecule has 2 aromatic rings. The molecule has 0 fully saturated rings. The van der Waals surface area contributed by atoms with Gasteiger partial charge in [-0.1, -0.05) is 60.5 Å². The average Bonchev–Trinajstić information content (AvgIpc) is 2.46. The summed E-state index contributed by atoms with van der Waals surface area (Å²) in [7, 11) is 0. The Hall–Kier alpha value is -1.02. The van der Waals surface area contributed by atoms with E-state index in [0.717, 1.165) is 18.5 Å². The standard InChI is InChI=1S/C17H19Cl2N/c1-3-13-4-6-14(7-5-13)12(2)20-11-15-8-9-16(18)10-17(15)19/h4-10,12,20H,3,11H2,1-2H3. The van der Waals surface area contributed by atoms with Crippen LogP contribution in [0.25, 0.3) is 0 Å². The fourth-order valence-electron chi connectivity index (χ4n) is 2.09. The van der Waals surface area contributed by atoms with Gasteiger partial charge in [-0.05, 0) is 42.2 Å². The molecule has 0 saturated heterocycles. The highest BCUT2D eigenvalue weighted by Gasteiger charge is 2.07. The molecule has 0 saturated carbocycles. The number of hydrogen-bond acceptors (Lipinski definition) is 1. The van der Waals surface area contributed by atoms with Crippen LogP contribution in [0.2, 0.25) is 10.0 Å². The van der Waals surface area contributed by atoms with Gasteiger partial charge in [-0.15, -0.1) is 0 Å². The summed E-state index contributed by atoms with van der Waals surface area (Å²) in [6, 6.07) is 14.6. The first-order chi connectivity index (χ1) is 9.60. The molecule has 2 aromatic carbocycles. The maximum atomic E-state index is 6.17. The number of benzene rings is 2. The molecule has 0 heterocycles. The lowest BCUT2D eigenvalue weighted by molar-refractivity contribution is 0.574. The molecular formula is C17H19Cl2N. The Morgan fingerprint density at radius 1 is 1.05 bits per heavy atom. The fourth-order valence-corrected chi connectivity index (χ4v) is 2.56. The van der Waals surface area contributed by atoms with Crippen molar-refractivity contribution < 1.29 is 0 Å². The fraction of sp³-hybridized carbons (Fsp3) is 0.294. The SMILES string of the molecule is CCc1ccc(C(C)NCc2ccc(Cl)cc2Cl)cc1. The second-order valence-corrected chi connectivity index (χ2v) is 5.78. The zero-order valence-corrected chi connectivity index (χ0v) is 13.3. The predicted molar refractivity (Wildman–Crippen MR) is 87.5 cm³/mol. The zero-order chi connectivity index (χ0) is 14.5. The molecule has 0 amide bonds. The van der Waals surface area contributed by atoms with E-state index in [1.165, 1.54) is 11.1 Å². The highest BCUT2D eigenvalue weighted by atomic mass is 35.5. The van der Waals surface area contributed by atoms with Crippen molar-refractivity contribution in [2.45, 2.75) is 32.9 Å². The van der Waals surface area contributed by atoms with Crippen molar-refractivity contribution in [2.24, 2.45) is 0 Å². The Kier molecular flexibility index (Phi) is 5.47. The third kappa shape index (κ3) is 3.99. The van der Waals surface area contributed by atoms with Crippen LogP contribution in [0.15, 0.2) is 42.5 Å². The normalized spacial score (nSPS) is 12.4. The Bertz CT molecular complexity index is 564. The molecule has 0 aliphatic rings. The summed E-state index contributed by atoms with van der Waals surface area (Å²) in [6.45, 7) is 5.05. The van der Waals surface area contributed by atoms with Crippen molar-refractivity contribution >= 4 is 23.2 Å². The highest BCUT2D eigenvalue weighted by molar-refractivity contribution is 6.35. The van der Waals surface area contributed by atoms with Crippen LogP contribution in [-0.4, -0.2) is 0 Å². The van der Waals surface area contributed by atoms with Crippen LogP contribution in [0.5, 0.6) is 0 Å². The van der Waals surface area contributed by atoms with E-state index in [1.54, 1.807) is 6.07 Å². The monoisotopic (exact) mass is 307 g/mol. The molecule has 1 unspecified atom stereocenters. The van der Waals surface area contributed by atoms with Crippen LogP contribution in [0.3, 0.4) is 0 Å². The van der Waals surface area contributed by atoms with E-state index in [-0.39, 0.29) is 6.04 Å². The van der Waals surface area contributed by atoms with Crippen LogP contribution >= 0.6 is 23.2 Å². The summed E-state index contributed by atoms with van der Waals surface area (Å²) in [5.41, 5.74) is 3.71. The van der Waals surface area contributed by atoms with Crippen molar-refractivity contribution in [1.29, 1.82) is 0 Å². The molecule has 1 nitrogen and oxygen atoms in total. The van der Waals surface area contributed by atoms with Gasteiger partial charge in [-0.3, -0.25) is 0 Å². The lowest BCUT2D eigenvalue weighted by Gasteiger charge is -2.15. The minimum absolute atomic E-state index is 0.285. The number of aryl methyl sites for hydroxylation is 1. The third-order valence-electron chi connectivity index (χ3n) is 3.50. The van der Waals surface area contributed by atoms with Gasteiger partial charge >= 0.3 is 0 Å². The number of nitrogens with one attached hydrogen (secondary N) is 1. The molecule has 20 heavy (non-hydrogen) atoms. The number of hydrogen-bond donors (Lipinski definition) is 1. The molecule has 0 spiro atoms. The van der Waals surface area contributed by atoms with Crippen LogP contribution in [0.1, 0.15) is 36.6 Å². The Balaban J connectivity index is 1.98. The predicted octanol–water partition coefficient (Wildman–Crippen LogP) is 5.41. The first kappa shape index (κ1) is 15.4. The van der Waals surface area contributed by atoms with Gasteiger partial charge in [0.05, 0.1) is 0 Å². The van der Waals surface area contributed by atoms with Gasteiger partial charge in [-0.2, -0.15) is 0 Å². The third-order valence-corrected chi connectivity index (χ3v) is 4.09. The molecule has 2 rings (SSSR count). The second-order valence-electron chi connectivity index (χ2n) is 4.93. The topological polar surface area (TPSA) is 12.0 Å². The maximum absolute atomic E-state index is 6.17. The van der Waals surface area contributed by atoms with Gasteiger partial charge in [-0.25, -0.2) is 0 Å². The molecule has 0 bridgehead atoms. The Morgan fingerprint density at radius 3 is 2.35 bits per heavy atom. The summed E-state index contributed by atoms with van der Waals surface area (Å²) in [4.78, 5) is 0. The molecule has 1 atom stereocenters. The van der Waals surface area contributed by atoms with E-state index in [0.29, 0.717) is 10.0 Å². The number of rotatable bonds is 5. The van der Waals surface area contributed by atoms with Gasteiger partial charge < -0.3 is 5.32 Å². The molecule has 0 aliphatic heterocycles. The second kappa shape index (κ2) is 7.12. The lowest BCUT2D eigenvalue weighted by Crippen LogP contribution is -2.18. The molecule has 0 aromatic heterocycles. The molecule has 0 aliphatic carbocycles. The summed E-state index contributed by atoms with van der Waals surface area (Å²) < 4.78 is 0. The molecular weight excluding hydrogens is 289 g/mol. The first-order valence-corrected chi connectivity index (χ1v) is 7.62. The minimum atomic E-state index is 0.285. The van der Waals surface area contributed by atoms with E-state index in [4.69, 9.17) is 23.2 Å². The summed E-state index contributed by atoms with van der Waals surface area (Å²) in [5.74, 6) is 0. The average molecular weight is 308 g/mol. The van der Waals surface area contributed by atoms with Gasteiger partial charge in [0.2, 0.25) is 0 Å². The van der Waals surface area contributed by atoms with Gasteiger partial charge in [0, 0.05) is 22.6 Å². The zero-order valence-electron chi connectivity index (χ0n) is 11.8. The smallest absolute Gasteiger partial charge is 0.0465 e. The van der Waals surface area contributed by atoms with Gasteiger partial charge in [0.25, 0.3) is 0 Å². The van der Waals surface area contributed by atoms with Crippen molar-refractivity contribution in [2.75, 3.05) is 0 Å². The number of halogens is 2. The van der Waals surface area contributed by atoms with Crippen LogP contribution in [0, 0.1) is 0 Å². The summed E-state index contributed by atoms with van der Waals surface area (Å²) >= 11 is 12.1. The van der Waals surface area contributed by atoms with E-state index in [2.05, 4.69) is 43.4 Å².